The Balaban J connectivity index is 2.72. The van der Waals surface area contributed by atoms with Crippen molar-refractivity contribution in [2.45, 2.75) is 52.2 Å². The molecule has 3 nitrogen and oxygen atoms in total. The number of carbonyl (C=O) groups is 1. The number of carbonyl (C=O) groups excluding carboxylic acids is 1. The molecule has 0 amide bonds. The molecule has 0 bridgehead atoms. The van der Waals surface area contributed by atoms with Crippen molar-refractivity contribution >= 4 is 5.97 Å². The third-order valence-corrected chi connectivity index (χ3v) is 3.13. The number of hydrogen-bond acceptors (Lipinski definition) is 3. The van der Waals surface area contributed by atoms with E-state index < -0.39 is 17.6 Å². The molecule has 0 aromatic heterocycles. The van der Waals surface area contributed by atoms with Crippen molar-refractivity contribution in [2.75, 3.05) is 0 Å². The molecule has 0 saturated carbocycles. The maximum absolute atomic E-state index is 12.0. The quantitative estimate of drug-likeness (QED) is 0.850. The van der Waals surface area contributed by atoms with Crippen molar-refractivity contribution in [3.05, 3.63) is 35.9 Å². The minimum Gasteiger partial charge on any atom is -0.460 e. The largest absolute Gasteiger partial charge is 0.460 e. The van der Waals surface area contributed by atoms with E-state index in [2.05, 4.69) is 0 Å². The first kappa shape index (κ1) is 15.7. The number of ether oxygens (including phenoxy) is 1. The van der Waals surface area contributed by atoms with E-state index in [1.807, 2.05) is 58.0 Å². The lowest BCUT2D eigenvalue weighted by atomic mass is 9.88. The van der Waals surface area contributed by atoms with Crippen LogP contribution in [0.2, 0.25) is 0 Å². The molecular weight excluding hydrogens is 240 g/mol. The summed E-state index contributed by atoms with van der Waals surface area (Å²) in [5.74, 6) is -1.01. The Morgan fingerprint density at radius 2 is 1.68 bits per heavy atom. The van der Waals surface area contributed by atoms with E-state index in [0.29, 0.717) is 0 Å². The number of rotatable bonds is 4. The van der Waals surface area contributed by atoms with Crippen LogP contribution in [0, 0.1) is 5.92 Å². The Morgan fingerprint density at radius 3 is 2.16 bits per heavy atom. The van der Waals surface area contributed by atoms with Gasteiger partial charge in [-0.15, -0.1) is 0 Å². The van der Waals surface area contributed by atoms with Crippen LogP contribution in [-0.2, 0) is 9.53 Å². The summed E-state index contributed by atoms with van der Waals surface area (Å²) in [6.45, 7) is 9.10. The summed E-state index contributed by atoms with van der Waals surface area (Å²) in [5, 5.41) is 10.3. The van der Waals surface area contributed by atoms with Gasteiger partial charge >= 0.3 is 5.97 Å². The van der Waals surface area contributed by atoms with Crippen molar-refractivity contribution in [3.8, 4) is 0 Å². The summed E-state index contributed by atoms with van der Waals surface area (Å²) in [6.07, 6.45) is -0.753. The van der Waals surface area contributed by atoms with Crippen molar-refractivity contribution in [2.24, 2.45) is 5.92 Å². The molecule has 0 unspecified atom stereocenters. The van der Waals surface area contributed by atoms with Crippen molar-refractivity contribution in [3.63, 3.8) is 0 Å². The van der Waals surface area contributed by atoms with Gasteiger partial charge in [-0.25, -0.2) is 0 Å². The standard InChI is InChI=1S/C16H24O3/c1-11(13-9-7-6-8-10-13)14(17)12(2)15(18)19-16(3,4)5/h6-12,14,17H,1-5H3/t11-,12+,14+/m0/s1. The number of benzene rings is 1. The molecule has 0 fully saturated rings. The summed E-state index contributed by atoms with van der Waals surface area (Å²) in [4.78, 5) is 12.0. The van der Waals surface area contributed by atoms with Gasteiger partial charge < -0.3 is 9.84 Å². The predicted molar refractivity (Wildman–Crippen MR) is 75.9 cm³/mol. The first-order valence-corrected chi connectivity index (χ1v) is 6.68. The van der Waals surface area contributed by atoms with Crippen LogP contribution in [0.4, 0.5) is 0 Å². The van der Waals surface area contributed by atoms with Crippen LogP contribution >= 0.6 is 0 Å². The van der Waals surface area contributed by atoms with Crippen LogP contribution in [0.1, 0.15) is 46.1 Å². The van der Waals surface area contributed by atoms with Gasteiger partial charge in [-0.3, -0.25) is 4.79 Å². The summed E-state index contributed by atoms with van der Waals surface area (Å²) < 4.78 is 5.31. The molecule has 0 spiro atoms. The topological polar surface area (TPSA) is 46.5 Å². The molecule has 1 aromatic rings. The SMILES string of the molecule is C[C@@H](C(=O)OC(C)(C)C)[C@H](O)[C@@H](C)c1ccccc1. The zero-order valence-corrected chi connectivity index (χ0v) is 12.4. The molecule has 3 atom stereocenters. The van der Waals surface area contributed by atoms with Gasteiger partial charge in [0.15, 0.2) is 0 Å². The van der Waals surface area contributed by atoms with E-state index in [4.69, 9.17) is 4.74 Å². The third-order valence-electron chi connectivity index (χ3n) is 3.13. The van der Waals surface area contributed by atoms with Crippen molar-refractivity contribution in [1.29, 1.82) is 0 Å². The average Bonchev–Trinajstić information content (AvgIpc) is 2.35. The highest BCUT2D eigenvalue weighted by molar-refractivity contribution is 5.73. The summed E-state index contributed by atoms with van der Waals surface area (Å²) in [6, 6.07) is 9.69. The van der Waals surface area contributed by atoms with Crippen LogP contribution in [0.15, 0.2) is 30.3 Å². The van der Waals surface area contributed by atoms with Gasteiger partial charge in [0.2, 0.25) is 0 Å². The van der Waals surface area contributed by atoms with Gasteiger partial charge in [-0.2, -0.15) is 0 Å². The fourth-order valence-electron chi connectivity index (χ4n) is 1.92. The van der Waals surface area contributed by atoms with E-state index in [9.17, 15) is 9.90 Å². The fraction of sp³-hybridized carbons (Fsp3) is 0.562. The summed E-state index contributed by atoms with van der Waals surface area (Å²) >= 11 is 0. The molecule has 0 heterocycles. The molecule has 1 aromatic carbocycles. The number of hydrogen-bond donors (Lipinski definition) is 1. The van der Waals surface area contributed by atoms with Crippen LogP contribution in [-0.4, -0.2) is 22.8 Å². The van der Waals surface area contributed by atoms with E-state index in [1.54, 1.807) is 6.92 Å². The maximum atomic E-state index is 12.0. The first-order valence-electron chi connectivity index (χ1n) is 6.68. The lowest BCUT2D eigenvalue weighted by Gasteiger charge is -2.27. The van der Waals surface area contributed by atoms with E-state index >= 15 is 0 Å². The molecule has 1 rings (SSSR count). The smallest absolute Gasteiger partial charge is 0.311 e. The summed E-state index contributed by atoms with van der Waals surface area (Å²) in [7, 11) is 0. The van der Waals surface area contributed by atoms with Crippen LogP contribution in [0.25, 0.3) is 0 Å². The average molecular weight is 264 g/mol. The minimum atomic E-state index is -0.753. The third kappa shape index (κ3) is 4.67. The Kier molecular flexibility index (Phi) is 5.12. The summed E-state index contributed by atoms with van der Waals surface area (Å²) in [5.41, 5.74) is 0.492. The molecule has 0 aliphatic heterocycles. The second-order valence-corrected chi connectivity index (χ2v) is 6.01. The van der Waals surface area contributed by atoms with E-state index in [1.165, 1.54) is 0 Å². The molecule has 3 heteroatoms. The molecule has 106 valence electrons. The second-order valence-electron chi connectivity index (χ2n) is 6.01. The second kappa shape index (κ2) is 6.20. The Morgan fingerprint density at radius 1 is 1.16 bits per heavy atom. The van der Waals surface area contributed by atoms with Crippen LogP contribution in [0.3, 0.4) is 0 Å². The fourth-order valence-corrected chi connectivity index (χ4v) is 1.92. The highest BCUT2D eigenvalue weighted by Gasteiger charge is 2.31. The number of esters is 1. The maximum Gasteiger partial charge on any atom is 0.311 e. The Labute approximate surface area is 115 Å². The molecule has 0 aliphatic carbocycles. The minimum absolute atomic E-state index is 0.108. The van der Waals surface area contributed by atoms with Gasteiger partial charge in [0, 0.05) is 5.92 Å². The molecule has 0 aliphatic rings. The highest BCUT2D eigenvalue weighted by atomic mass is 16.6. The first-order chi connectivity index (χ1) is 8.72. The van der Waals surface area contributed by atoms with Gasteiger partial charge in [0.1, 0.15) is 5.60 Å². The van der Waals surface area contributed by atoms with Gasteiger partial charge in [0.05, 0.1) is 12.0 Å². The van der Waals surface area contributed by atoms with Crippen molar-refractivity contribution < 1.29 is 14.6 Å². The Hall–Kier alpha value is -1.35. The van der Waals surface area contributed by atoms with E-state index in [0.717, 1.165) is 5.56 Å². The monoisotopic (exact) mass is 264 g/mol. The Bertz CT molecular complexity index is 406. The normalized spacial score (nSPS) is 16.5. The number of aliphatic hydroxyl groups is 1. The molecule has 1 N–H and O–H groups in total. The van der Waals surface area contributed by atoms with Gasteiger partial charge in [0.25, 0.3) is 0 Å². The van der Waals surface area contributed by atoms with Gasteiger partial charge in [-0.05, 0) is 33.3 Å². The zero-order chi connectivity index (χ0) is 14.6. The predicted octanol–water partition coefficient (Wildman–Crippen LogP) is 3.13. The van der Waals surface area contributed by atoms with Crippen LogP contribution in [0.5, 0.6) is 0 Å². The molecule has 0 saturated heterocycles. The molecular formula is C16H24O3. The molecule has 0 radical (unpaired) electrons. The lowest BCUT2D eigenvalue weighted by molar-refractivity contribution is -0.163. The van der Waals surface area contributed by atoms with Crippen molar-refractivity contribution in [1.82, 2.24) is 0 Å². The molecule has 19 heavy (non-hydrogen) atoms. The number of aliphatic hydroxyl groups excluding tert-OH is 1. The zero-order valence-electron chi connectivity index (χ0n) is 12.4. The van der Waals surface area contributed by atoms with E-state index in [-0.39, 0.29) is 11.9 Å². The lowest BCUT2D eigenvalue weighted by Crippen LogP contribution is -2.35. The van der Waals surface area contributed by atoms with Gasteiger partial charge in [-0.1, -0.05) is 37.3 Å². The highest BCUT2D eigenvalue weighted by Crippen LogP contribution is 2.25. The van der Waals surface area contributed by atoms with Crippen LogP contribution < -0.4 is 0 Å².